The number of fused-ring (bicyclic) bond motifs is 1. The number of carbonyl (C=O) groups is 1. The lowest BCUT2D eigenvalue weighted by molar-refractivity contribution is -0.140. The van der Waals surface area contributed by atoms with Crippen molar-refractivity contribution in [3.63, 3.8) is 0 Å². The largest absolute Gasteiger partial charge is 0.433 e. The van der Waals surface area contributed by atoms with Crippen LogP contribution >= 0.6 is 11.6 Å². The Balaban J connectivity index is 1.50. The monoisotopic (exact) mass is 515 g/mol. The van der Waals surface area contributed by atoms with Crippen LogP contribution in [0, 0.1) is 6.92 Å². The lowest BCUT2D eigenvalue weighted by atomic mass is 9.90. The number of hydrogen-bond donors (Lipinski definition) is 2. The Morgan fingerprint density at radius 2 is 1.97 bits per heavy atom. The molecule has 3 aromatic rings. The number of nitrogens with zero attached hydrogens (tertiary/aromatic N) is 3. The molecule has 0 bridgehead atoms. The molecule has 0 aliphatic heterocycles. The molecule has 2 atom stereocenters. The van der Waals surface area contributed by atoms with Gasteiger partial charge in [0.1, 0.15) is 12.2 Å². The van der Waals surface area contributed by atoms with Crippen LogP contribution in [-0.4, -0.2) is 39.2 Å². The predicted molar refractivity (Wildman–Crippen MR) is 122 cm³/mol. The maximum Gasteiger partial charge on any atom is 0.433 e. The number of benzene rings is 1. The van der Waals surface area contributed by atoms with E-state index in [-0.39, 0.29) is 28.9 Å². The van der Waals surface area contributed by atoms with E-state index >= 15 is 0 Å². The van der Waals surface area contributed by atoms with Crippen molar-refractivity contribution in [2.24, 2.45) is 0 Å². The van der Waals surface area contributed by atoms with Crippen LogP contribution in [0.4, 0.5) is 27.6 Å². The van der Waals surface area contributed by atoms with Gasteiger partial charge in [-0.2, -0.15) is 18.3 Å². The Morgan fingerprint density at radius 3 is 2.69 bits per heavy atom. The Labute approximate surface area is 202 Å². The summed E-state index contributed by atoms with van der Waals surface area (Å²) < 4.78 is 66.7. The third-order valence-corrected chi connectivity index (χ3v) is 6.32. The number of hydrogen-bond acceptors (Lipinski definition) is 4. The number of alkyl halides is 5. The molecular formula is C23H23ClF5N5O. The Hall–Kier alpha value is -2.95. The Kier molecular flexibility index (Phi) is 7.16. The van der Waals surface area contributed by atoms with Crippen LogP contribution in [0.5, 0.6) is 0 Å². The first-order chi connectivity index (χ1) is 16.5. The molecule has 12 heteroatoms. The van der Waals surface area contributed by atoms with Gasteiger partial charge in [-0.15, -0.1) is 0 Å². The number of anilines is 1. The first kappa shape index (κ1) is 25.2. The van der Waals surface area contributed by atoms with E-state index in [1.807, 2.05) is 0 Å². The third-order valence-electron chi connectivity index (χ3n) is 6.09. The fraction of sp³-hybridized carbons (Fsp3) is 0.435. The average Bonchev–Trinajstić information content (AvgIpc) is 3.13. The quantitative estimate of drug-likeness (QED) is 0.405. The summed E-state index contributed by atoms with van der Waals surface area (Å²) in [7, 11) is 0. The number of rotatable bonds is 6. The second-order valence-electron chi connectivity index (χ2n) is 8.61. The van der Waals surface area contributed by atoms with Gasteiger partial charge in [-0.1, -0.05) is 11.6 Å². The van der Waals surface area contributed by atoms with E-state index in [1.165, 1.54) is 18.3 Å². The van der Waals surface area contributed by atoms with Gasteiger partial charge in [-0.25, -0.2) is 13.8 Å². The molecule has 1 amide bonds. The zero-order valence-electron chi connectivity index (χ0n) is 18.7. The van der Waals surface area contributed by atoms with Gasteiger partial charge in [-0.05, 0) is 56.9 Å². The SMILES string of the molecule is Cc1c(C(=O)N[C@@H]2CCC[C@H](Nc3cc(C(F)(F)F)nc4ccc(Cl)cc34)C2)cnn1CC(F)F. The first-order valence-electron chi connectivity index (χ1n) is 11.1. The van der Waals surface area contributed by atoms with Crippen molar-refractivity contribution < 1.29 is 26.7 Å². The molecule has 2 aromatic heterocycles. The molecule has 1 fully saturated rings. The minimum atomic E-state index is -4.61. The third kappa shape index (κ3) is 5.83. The summed E-state index contributed by atoms with van der Waals surface area (Å²) in [5.41, 5.74) is -0.0141. The lowest BCUT2D eigenvalue weighted by Crippen LogP contribution is -2.42. The Bertz CT molecular complexity index is 1230. The summed E-state index contributed by atoms with van der Waals surface area (Å²) in [5.74, 6) is -0.422. The highest BCUT2D eigenvalue weighted by Gasteiger charge is 2.34. The first-order valence-corrected chi connectivity index (χ1v) is 11.4. The van der Waals surface area contributed by atoms with Crippen molar-refractivity contribution in [3.8, 4) is 0 Å². The summed E-state index contributed by atoms with van der Waals surface area (Å²) in [6.07, 6.45) is -3.35. The van der Waals surface area contributed by atoms with Crippen molar-refractivity contribution in [1.29, 1.82) is 0 Å². The second kappa shape index (κ2) is 9.96. The van der Waals surface area contributed by atoms with Crippen LogP contribution in [0.3, 0.4) is 0 Å². The highest BCUT2D eigenvalue weighted by atomic mass is 35.5. The lowest BCUT2D eigenvalue weighted by Gasteiger charge is -2.31. The molecule has 2 N–H and O–H groups in total. The van der Waals surface area contributed by atoms with E-state index in [4.69, 9.17) is 11.6 Å². The topological polar surface area (TPSA) is 71.8 Å². The minimum Gasteiger partial charge on any atom is -0.382 e. The molecule has 1 aliphatic rings. The van der Waals surface area contributed by atoms with Crippen molar-refractivity contribution >= 4 is 34.1 Å². The summed E-state index contributed by atoms with van der Waals surface area (Å²) in [6, 6.07) is 5.01. The maximum absolute atomic E-state index is 13.4. The summed E-state index contributed by atoms with van der Waals surface area (Å²) in [4.78, 5) is 16.5. The van der Waals surface area contributed by atoms with Gasteiger partial charge in [0.2, 0.25) is 0 Å². The number of pyridine rings is 1. The van der Waals surface area contributed by atoms with Crippen LogP contribution in [0.15, 0.2) is 30.5 Å². The molecule has 0 saturated heterocycles. The zero-order valence-corrected chi connectivity index (χ0v) is 19.4. The second-order valence-corrected chi connectivity index (χ2v) is 9.05. The molecule has 35 heavy (non-hydrogen) atoms. The van der Waals surface area contributed by atoms with Gasteiger partial charge in [0.25, 0.3) is 12.3 Å². The minimum absolute atomic E-state index is 0.170. The van der Waals surface area contributed by atoms with Gasteiger partial charge in [0.15, 0.2) is 0 Å². The van der Waals surface area contributed by atoms with Crippen molar-refractivity contribution in [3.05, 3.63) is 52.4 Å². The molecule has 1 saturated carbocycles. The van der Waals surface area contributed by atoms with Crippen LogP contribution < -0.4 is 10.6 Å². The molecule has 1 aliphatic carbocycles. The molecule has 6 nitrogen and oxygen atoms in total. The van der Waals surface area contributed by atoms with E-state index in [0.29, 0.717) is 35.4 Å². The van der Waals surface area contributed by atoms with E-state index in [2.05, 4.69) is 20.7 Å². The smallest absolute Gasteiger partial charge is 0.382 e. The standard InChI is InChI=1S/C23H23ClF5N5O/c1-12-17(10-30-34(12)11-21(25)26)22(35)32-15-4-2-3-14(8-15)31-19-9-20(23(27,28)29)33-18-6-5-13(24)7-16(18)19/h5-7,9-10,14-15,21H,2-4,8,11H2,1H3,(H,31,33)(H,32,35)/t14-,15+/m0/s1. The molecule has 4 rings (SSSR count). The molecule has 1 aromatic carbocycles. The molecule has 0 spiro atoms. The normalized spacial score (nSPS) is 18.7. The summed E-state index contributed by atoms with van der Waals surface area (Å²) >= 11 is 6.07. The number of aromatic nitrogens is 3. The summed E-state index contributed by atoms with van der Waals surface area (Å²) in [6.45, 7) is 0.950. The van der Waals surface area contributed by atoms with Gasteiger partial charge < -0.3 is 10.6 Å². The van der Waals surface area contributed by atoms with Gasteiger partial charge in [-0.3, -0.25) is 9.48 Å². The molecule has 2 heterocycles. The average molecular weight is 516 g/mol. The molecule has 188 valence electrons. The van der Waals surface area contributed by atoms with Crippen molar-refractivity contribution in [2.45, 2.75) is 63.8 Å². The van der Waals surface area contributed by atoms with E-state index < -0.39 is 30.7 Å². The zero-order chi connectivity index (χ0) is 25.3. The fourth-order valence-corrected chi connectivity index (χ4v) is 4.55. The molecule has 0 unspecified atom stereocenters. The van der Waals surface area contributed by atoms with Gasteiger partial charge >= 0.3 is 6.18 Å². The highest BCUT2D eigenvalue weighted by Crippen LogP contribution is 2.35. The van der Waals surface area contributed by atoms with Crippen LogP contribution in [-0.2, 0) is 12.7 Å². The highest BCUT2D eigenvalue weighted by molar-refractivity contribution is 6.31. The molecular weight excluding hydrogens is 493 g/mol. The van der Waals surface area contributed by atoms with Crippen LogP contribution in [0.2, 0.25) is 5.02 Å². The van der Waals surface area contributed by atoms with Crippen molar-refractivity contribution in [1.82, 2.24) is 20.1 Å². The van der Waals surface area contributed by atoms with Crippen LogP contribution in [0.1, 0.15) is 47.4 Å². The fourth-order valence-electron chi connectivity index (χ4n) is 4.38. The predicted octanol–water partition coefficient (Wildman–Crippen LogP) is 5.83. The van der Waals surface area contributed by atoms with Gasteiger partial charge in [0.05, 0.1) is 17.3 Å². The number of nitrogens with one attached hydrogen (secondary N) is 2. The number of halogens is 6. The van der Waals surface area contributed by atoms with Crippen LogP contribution in [0.25, 0.3) is 10.9 Å². The van der Waals surface area contributed by atoms with E-state index in [9.17, 15) is 26.7 Å². The van der Waals surface area contributed by atoms with Crippen molar-refractivity contribution in [2.75, 3.05) is 5.32 Å². The number of amides is 1. The summed E-state index contributed by atoms with van der Waals surface area (Å²) in [5, 5.41) is 10.8. The maximum atomic E-state index is 13.4. The van der Waals surface area contributed by atoms with E-state index in [1.54, 1.807) is 13.0 Å². The van der Waals surface area contributed by atoms with Gasteiger partial charge in [0, 0.05) is 33.9 Å². The Morgan fingerprint density at radius 1 is 1.23 bits per heavy atom. The van der Waals surface area contributed by atoms with E-state index in [0.717, 1.165) is 17.2 Å². The number of carbonyl (C=O) groups excluding carboxylic acids is 1. The molecule has 0 radical (unpaired) electrons.